The van der Waals surface area contributed by atoms with Crippen LogP contribution in [0.4, 0.5) is 0 Å². The van der Waals surface area contributed by atoms with Gasteiger partial charge >= 0.3 is 0 Å². The molecule has 0 bridgehead atoms. The van der Waals surface area contributed by atoms with E-state index in [9.17, 15) is 0 Å². The van der Waals surface area contributed by atoms with E-state index in [2.05, 4.69) is 41.2 Å². The molecule has 96 valence electrons. The molecule has 0 saturated carbocycles. The Morgan fingerprint density at radius 3 is 2.84 bits per heavy atom. The molecule has 0 amide bonds. The summed E-state index contributed by atoms with van der Waals surface area (Å²) in [5.41, 5.74) is 6.14. The normalized spacial score (nSPS) is 10.9. The first-order valence-electron chi connectivity index (χ1n) is 6.15. The number of ether oxygens (including phenoxy) is 1. The van der Waals surface area contributed by atoms with Gasteiger partial charge in [-0.2, -0.15) is 5.10 Å². The Hall–Kier alpha value is -2.36. The van der Waals surface area contributed by atoms with Crippen molar-refractivity contribution in [1.29, 1.82) is 0 Å². The Balaban J connectivity index is 2.31. The third-order valence-electron chi connectivity index (χ3n) is 3.47. The molecule has 0 aliphatic heterocycles. The molecular weight excluding hydrogens is 238 g/mol. The molecule has 0 unspecified atom stereocenters. The van der Waals surface area contributed by atoms with Gasteiger partial charge < -0.3 is 4.74 Å². The molecular formula is C15H15N3O. The summed E-state index contributed by atoms with van der Waals surface area (Å²) in [5, 5.41) is 6.91. The van der Waals surface area contributed by atoms with Gasteiger partial charge in [0.05, 0.1) is 18.8 Å². The number of nitrogens with one attached hydrogen (secondary N) is 1. The van der Waals surface area contributed by atoms with Gasteiger partial charge in [-0.3, -0.25) is 5.10 Å². The number of methoxy groups -OCH3 is 1. The fraction of sp³-hybridized carbons (Fsp3) is 0.200. The maximum Gasteiger partial charge on any atom is 0.147 e. The van der Waals surface area contributed by atoms with Gasteiger partial charge in [0, 0.05) is 11.6 Å². The molecule has 0 aliphatic carbocycles. The number of H-pyrrole nitrogens is 1. The molecule has 0 atom stereocenters. The van der Waals surface area contributed by atoms with Crippen molar-refractivity contribution < 1.29 is 4.74 Å². The summed E-state index contributed by atoms with van der Waals surface area (Å²) >= 11 is 0. The number of nitrogens with zero attached hydrogens (tertiary/aromatic N) is 2. The van der Waals surface area contributed by atoms with Gasteiger partial charge in [0.25, 0.3) is 0 Å². The van der Waals surface area contributed by atoms with Crippen LogP contribution in [-0.2, 0) is 0 Å². The van der Waals surface area contributed by atoms with Crippen molar-refractivity contribution in [3.8, 4) is 17.0 Å². The van der Waals surface area contributed by atoms with E-state index >= 15 is 0 Å². The minimum absolute atomic E-state index is 0.755. The molecule has 19 heavy (non-hydrogen) atoms. The molecule has 2 heterocycles. The maximum absolute atomic E-state index is 5.46. The average molecular weight is 253 g/mol. The van der Waals surface area contributed by atoms with Crippen LogP contribution in [0.5, 0.6) is 5.75 Å². The third kappa shape index (κ3) is 1.85. The number of aromatic amines is 1. The monoisotopic (exact) mass is 253 g/mol. The fourth-order valence-corrected chi connectivity index (χ4v) is 2.22. The second-order valence-electron chi connectivity index (χ2n) is 4.59. The van der Waals surface area contributed by atoms with Gasteiger partial charge in [-0.25, -0.2) is 4.98 Å². The van der Waals surface area contributed by atoms with E-state index in [0.29, 0.717) is 0 Å². The van der Waals surface area contributed by atoms with Crippen molar-refractivity contribution in [2.24, 2.45) is 0 Å². The Morgan fingerprint density at radius 2 is 2.05 bits per heavy atom. The molecule has 3 rings (SSSR count). The zero-order valence-electron chi connectivity index (χ0n) is 11.2. The van der Waals surface area contributed by atoms with Crippen LogP contribution in [0.1, 0.15) is 11.1 Å². The molecule has 0 saturated heterocycles. The van der Waals surface area contributed by atoms with E-state index in [0.717, 1.165) is 28.0 Å². The Labute approximate surface area is 111 Å². The SMILES string of the molecule is COc1cc2[nH]ncc2nc1-c1cccc(C)c1C. The highest BCUT2D eigenvalue weighted by Gasteiger charge is 2.13. The summed E-state index contributed by atoms with van der Waals surface area (Å²) in [6, 6.07) is 8.14. The number of aryl methyl sites for hydroxylation is 1. The number of hydrogen-bond acceptors (Lipinski definition) is 3. The summed E-state index contributed by atoms with van der Waals surface area (Å²) in [6.45, 7) is 4.20. The minimum Gasteiger partial charge on any atom is -0.494 e. The summed E-state index contributed by atoms with van der Waals surface area (Å²) in [4.78, 5) is 4.66. The van der Waals surface area contributed by atoms with Crippen LogP contribution < -0.4 is 4.74 Å². The van der Waals surface area contributed by atoms with Crippen LogP contribution in [0.15, 0.2) is 30.5 Å². The molecule has 3 aromatic rings. The molecule has 1 N–H and O–H groups in total. The van der Waals surface area contributed by atoms with E-state index in [1.165, 1.54) is 11.1 Å². The van der Waals surface area contributed by atoms with E-state index in [1.807, 2.05) is 12.1 Å². The van der Waals surface area contributed by atoms with Crippen molar-refractivity contribution in [2.75, 3.05) is 7.11 Å². The third-order valence-corrected chi connectivity index (χ3v) is 3.47. The number of rotatable bonds is 2. The molecule has 0 aliphatic rings. The lowest BCUT2D eigenvalue weighted by Gasteiger charge is -2.11. The van der Waals surface area contributed by atoms with Gasteiger partial charge in [0.1, 0.15) is 17.0 Å². The van der Waals surface area contributed by atoms with Crippen LogP contribution in [0.25, 0.3) is 22.3 Å². The standard InChI is InChI=1S/C15H15N3O/c1-9-5-4-6-11(10(9)2)15-14(19-3)7-12-13(17-15)8-16-18-12/h4-8H,1-3H3,(H,16,18). The van der Waals surface area contributed by atoms with E-state index in [1.54, 1.807) is 13.3 Å². The van der Waals surface area contributed by atoms with E-state index in [-0.39, 0.29) is 0 Å². The van der Waals surface area contributed by atoms with Gasteiger partial charge in [-0.15, -0.1) is 0 Å². The quantitative estimate of drug-likeness (QED) is 0.762. The lowest BCUT2D eigenvalue weighted by atomic mass is 10.00. The Kier molecular flexibility index (Phi) is 2.71. The predicted molar refractivity (Wildman–Crippen MR) is 75.4 cm³/mol. The topological polar surface area (TPSA) is 50.8 Å². The first-order chi connectivity index (χ1) is 9.20. The number of hydrogen-bond donors (Lipinski definition) is 1. The molecule has 0 spiro atoms. The highest BCUT2D eigenvalue weighted by molar-refractivity contribution is 5.82. The van der Waals surface area contributed by atoms with E-state index in [4.69, 9.17) is 4.74 Å². The predicted octanol–water partition coefficient (Wildman–Crippen LogP) is 3.25. The zero-order chi connectivity index (χ0) is 13.4. The smallest absolute Gasteiger partial charge is 0.147 e. The molecule has 0 radical (unpaired) electrons. The lowest BCUT2D eigenvalue weighted by Crippen LogP contribution is -1.95. The van der Waals surface area contributed by atoms with Gasteiger partial charge in [0.2, 0.25) is 0 Å². The average Bonchev–Trinajstić information content (AvgIpc) is 2.87. The molecule has 4 heteroatoms. The lowest BCUT2D eigenvalue weighted by molar-refractivity contribution is 0.415. The number of fused-ring (bicyclic) bond motifs is 1. The van der Waals surface area contributed by atoms with Gasteiger partial charge in [0.15, 0.2) is 0 Å². The minimum atomic E-state index is 0.755. The first-order valence-corrected chi connectivity index (χ1v) is 6.15. The largest absolute Gasteiger partial charge is 0.494 e. The van der Waals surface area contributed by atoms with Crippen LogP contribution in [0, 0.1) is 13.8 Å². The summed E-state index contributed by atoms with van der Waals surface area (Å²) in [7, 11) is 1.66. The fourth-order valence-electron chi connectivity index (χ4n) is 2.22. The second kappa shape index (κ2) is 4.39. The molecule has 0 fully saturated rings. The zero-order valence-corrected chi connectivity index (χ0v) is 11.2. The summed E-state index contributed by atoms with van der Waals surface area (Å²) in [5.74, 6) is 0.755. The maximum atomic E-state index is 5.46. The van der Waals surface area contributed by atoms with Gasteiger partial charge in [-0.05, 0) is 25.0 Å². The van der Waals surface area contributed by atoms with Crippen LogP contribution in [0.3, 0.4) is 0 Å². The van der Waals surface area contributed by atoms with Crippen LogP contribution >= 0.6 is 0 Å². The van der Waals surface area contributed by atoms with Crippen molar-refractivity contribution in [3.05, 3.63) is 41.6 Å². The molecule has 1 aromatic carbocycles. The molecule has 2 aromatic heterocycles. The van der Waals surface area contributed by atoms with Crippen molar-refractivity contribution in [3.63, 3.8) is 0 Å². The van der Waals surface area contributed by atoms with Crippen LogP contribution in [-0.4, -0.2) is 22.3 Å². The number of pyridine rings is 1. The number of benzene rings is 1. The van der Waals surface area contributed by atoms with Crippen LogP contribution in [0.2, 0.25) is 0 Å². The van der Waals surface area contributed by atoms with E-state index < -0.39 is 0 Å². The Morgan fingerprint density at radius 1 is 1.21 bits per heavy atom. The second-order valence-corrected chi connectivity index (χ2v) is 4.59. The highest BCUT2D eigenvalue weighted by Crippen LogP contribution is 2.33. The summed E-state index contributed by atoms with van der Waals surface area (Å²) in [6.07, 6.45) is 1.73. The number of aromatic nitrogens is 3. The summed E-state index contributed by atoms with van der Waals surface area (Å²) < 4.78 is 5.46. The van der Waals surface area contributed by atoms with Crippen molar-refractivity contribution in [2.45, 2.75) is 13.8 Å². The van der Waals surface area contributed by atoms with Crippen molar-refractivity contribution in [1.82, 2.24) is 15.2 Å². The Bertz CT molecular complexity index is 746. The first kappa shape index (κ1) is 11.7. The van der Waals surface area contributed by atoms with Gasteiger partial charge in [-0.1, -0.05) is 18.2 Å². The van der Waals surface area contributed by atoms with Crippen molar-refractivity contribution >= 4 is 11.0 Å². The molecule has 4 nitrogen and oxygen atoms in total. The highest BCUT2D eigenvalue weighted by atomic mass is 16.5.